The van der Waals surface area contributed by atoms with Gasteiger partial charge in [0.1, 0.15) is 0 Å². The molecule has 2 nitrogen and oxygen atoms in total. The Kier molecular flexibility index (Phi) is 4.38. The van der Waals surface area contributed by atoms with Crippen molar-refractivity contribution in [3.63, 3.8) is 0 Å². The van der Waals surface area contributed by atoms with E-state index in [9.17, 15) is 0 Å². The van der Waals surface area contributed by atoms with E-state index >= 15 is 0 Å². The van der Waals surface area contributed by atoms with E-state index in [1.165, 1.54) is 35.4 Å². The van der Waals surface area contributed by atoms with E-state index in [1.807, 2.05) is 11.3 Å². The largest absolute Gasteiger partial charge is 0.329 e. The monoisotopic (exact) mass is 238 g/mol. The quantitative estimate of drug-likeness (QED) is 0.828. The summed E-state index contributed by atoms with van der Waals surface area (Å²) in [6.45, 7) is 2.91. The highest BCUT2D eigenvalue weighted by Crippen LogP contribution is 2.26. The SMILES string of the molecule is CCc1ccc(C(CN)NC2CCCC2)s1. The molecule has 16 heavy (non-hydrogen) atoms. The lowest BCUT2D eigenvalue weighted by molar-refractivity contribution is 0.449. The van der Waals surface area contributed by atoms with Crippen LogP contribution in [0.5, 0.6) is 0 Å². The number of hydrogen-bond acceptors (Lipinski definition) is 3. The van der Waals surface area contributed by atoms with Crippen molar-refractivity contribution in [2.75, 3.05) is 6.54 Å². The van der Waals surface area contributed by atoms with Crippen molar-refractivity contribution < 1.29 is 0 Å². The molecule has 2 rings (SSSR count). The number of hydrogen-bond donors (Lipinski definition) is 2. The van der Waals surface area contributed by atoms with Crippen LogP contribution in [0.2, 0.25) is 0 Å². The van der Waals surface area contributed by atoms with Crippen LogP contribution in [0.4, 0.5) is 0 Å². The molecule has 0 spiro atoms. The Bertz CT molecular complexity index is 315. The molecule has 0 amide bonds. The van der Waals surface area contributed by atoms with Crippen LogP contribution in [-0.4, -0.2) is 12.6 Å². The van der Waals surface area contributed by atoms with Gasteiger partial charge in [-0.05, 0) is 31.4 Å². The molecule has 0 aliphatic heterocycles. The summed E-state index contributed by atoms with van der Waals surface area (Å²) < 4.78 is 0. The fourth-order valence-electron chi connectivity index (χ4n) is 2.42. The molecule has 1 saturated carbocycles. The van der Waals surface area contributed by atoms with Crippen molar-refractivity contribution in [3.8, 4) is 0 Å². The summed E-state index contributed by atoms with van der Waals surface area (Å²) in [6, 6.07) is 5.54. The van der Waals surface area contributed by atoms with Gasteiger partial charge < -0.3 is 11.1 Å². The molecule has 1 unspecified atom stereocenters. The summed E-state index contributed by atoms with van der Waals surface area (Å²) in [4.78, 5) is 2.87. The predicted molar refractivity (Wildman–Crippen MR) is 70.9 cm³/mol. The van der Waals surface area contributed by atoms with Gasteiger partial charge >= 0.3 is 0 Å². The van der Waals surface area contributed by atoms with Crippen LogP contribution in [0, 0.1) is 0 Å². The lowest BCUT2D eigenvalue weighted by Crippen LogP contribution is -2.34. The van der Waals surface area contributed by atoms with Gasteiger partial charge in [0.25, 0.3) is 0 Å². The zero-order valence-corrected chi connectivity index (χ0v) is 10.9. The number of nitrogens with one attached hydrogen (secondary N) is 1. The molecule has 0 radical (unpaired) electrons. The average molecular weight is 238 g/mol. The minimum atomic E-state index is 0.369. The molecule has 1 atom stereocenters. The van der Waals surface area contributed by atoms with Crippen LogP contribution in [0.3, 0.4) is 0 Å². The van der Waals surface area contributed by atoms with Crippen LogP contribution < -0.4 is 11.1 Å². The second-order valence-electron chi connectivity index (χ2n) is 4.59. The Morgan fingerprint density at radius 2 is 2.19 bits per heavy atom. The van der Waals surface area contributed by atoms with Gasteiger partial charge in [0, 0.05) is 22.3 Å². The Morgan fingerprint density at radius 1 is 1.44 bits per heavy atom. The van der Waals surface area contributed by atoms with Crippen molar-refractivity contribution in [1.82, 2.24) is 5.32 Å². The summed E-state index contributed by atoms with van der Waals surface area (Å²) in [5.41, 5.74) is 5.88. The van der Waals surface area contributed by atoms with E-state index in [1.54, 1.807) is 0 Å². The summed E-state index contributed by atoms with van der Waals surface area (Å²) >= 11 is 1.91. The highest BCUT2D eigenvalue weighted by molar-refractivity contribution is 7.12. The number of rotatable bonds is 5. The van der Waals surface area contributed by atoms with Gasteiger partial charge in [-0.2, -0.15) is 0 Å². The van der Waals surface area contributed by atoms with E-state index in [0.29, 0.717) is 18.6 Å². The van der Waals surface area contributed by atoms with Crippen molar-refractivity contribution in [2.45, 2.75) is 51.1 Å². The van der Waals surface area contributed by atoms with E-state index in [2.05, 4.69) is 24.4 Å². The summed E-state index contributed by atoms with van der Waals surface area (Å²) in [5.74, 6) is 0. The van der Waals surface area contributed by atoms with Gasteiger partial charge in [-0.1, -0.05) is 19.8 Å². The van der Waals surface area contributed by atoms with Crippen molar-refractivity contribution in [1.29, 1.82) is 0 Å². The highest BCUT2D eigenvalue weighted by Gasteiger charge is 2.20. The third-order valence-electron chi connectivity index (χ3n) is 3.40. The van der Waals surface area contributed by atoms with Gasteiger partial charge in [0.2, 0.25) is 0 Å². The smallest absolute Gasteiger partial charge is 0.0541 e. The Balaban J connectivity index is 1.97. The zero-order chi connectivity index (χ0) is 11.4. The maximum Gasteiger partial charge on any atom is 0.0541 e. The number of nitrogens with two attached hydrogens (primary N) is 1. The van der Waals surface area contributed by atoms with Crippen molar-refractivity contribution in [3.05, 3.63) is 21.9 Å². The van der Waals surface area contributed by atoms with Gasteiger partial charge in [-0.3, -0.25) is 0 Å². The van der Waals surface area contributed by atoms with Crippen LogP contribution in [0.25, 0.3) is 0 Å². The van der Waals surface area contributed by atoms with E-state index in [4.69, 9.17) is 5.73 Å². The van der Waals surface area contributed by atoms with E-state index in [-0.39, 0.29) is 0 Å². The van der Waals surface area contributed by atoms with E-state index < -0.39 is 0 Å². The van der Waals surface area contributed by atoms with E-state index in [0.717, 1.165) is 6.42 Å². The molecule has 3 N–H and O–H groups in total. The van der Waals surface area contributed by atoms with Gasteiger partial charge in [0.15, 0.2) is 0 Å². The Labute approximate surface area is 102 Å². The van der Waals surface area contributed by atoms with Crippen LogP contribution in [0.15, 0.2) is 12.1 Å². The molecule has 1 aromatic rings. The van der Waals surface area contributed by atoms with Crippen LogP contribution in [0.1, 0.15) is 48.4 Å². The first-order valence-corrected chi connectivity index (χ1v) is 7.20. The second kappa shape index (κ2) is 5.80. The predicted octanol–water partition coefficient (Wildman–Crippen LogP) is 2.84. The molecule has 0 bridgehead atoms. The maximum absolute atomic E-state index is 5.88. The third kappa shape index (κ3) is 2.84. The van der Waals surface area contributed by atoms with Crippen LogP contribution in [-0.2, 0) is 6.42 Å². The molecule has 0 saturated heterocycles. The first kappa shape index (κ1) is 12.1. The second-order valence-corrected chi connectivity index (χ2v) is 5.79. The molecule has 1 heterocycles. The van der Waals surface area contributed by atoms with Crippen LogP contribution >= 0.6 is 11.3 Å². The fourth-order valence-corrected chi connectivity index (χ4v) is 3.44. The molecule has 1 aliphatic carbocycles. The maximum atomic E-state index is 5.88. The summed E-state index contributed by atoms with van der Waals surface area (Å²) in [5, 5.41) is 3.70. The van der Waals surface area contributed by atoms with Crippen molar-refractivity contribution in [2.24, 2.45) is 5.73 Å². The fraction of sp³-hybridized carbons (Fsp3) is 0.692. The Morgan fingerprint density at radius 3 is 2.75 bits per heavy atom. The molecule has 3 heteroatoms. The molecule has 1 aliphatic rings. The zero-order valence-electron chi connectivity index (χ0n) is 10.0. The highest BCUT2D eigenvalue weighted by atomic mass is 32.1. The third-order valence-corrected chi connectivity index (χ3v) is 4.75. The number of aryl methyl sites for hydroxylation is 1. The molecule has 0 aromatic carbocycles. The normalized spacial score (nSPS) is 19.1. The molecule has 90 valence electrons. The Hall–Kier alpha value is -0.380. The standard InChI is InChI=1S/C13H22N2S/c1-2-11-7-8-13(16-11)12(9-14)15-10-5-3-4-6-10/h7-8,10,12,15H,2-6,9,14H2,1H3. The van der Waals surface area contributed by atoms with Gasteiger partial charge in [-0.25, -0.2) is 0 Å². The first-order valence-electron chi connectivity index (χ1n) is 6.38. The number of thiophene rings is 1. The van der Waals surface area contributed by atoms with Gasteiger partial charge in [0.05, 0.1) is 6.04 Å². The molecular formula is C13H22N2S. The lowest BCUT2D eigenvalue weighted by atomic mass is 10.1. The molecule has 1 aromatic heterocycles. The summed E-state index contributed by atoms with van der Waals surface area (Å²) in [6.07, 6.45) is 6.52. The lowest BCUT2D eigenvalue weighted by Gasteiger charge is -2.20. The minimum Gasteiger partial charge on any atom is -0.329 e. The average Bonchev–Trinajstić information content (AvgIpc) is 2.96. The van der Waals surface area contributed by atoms with Gasteiger partial charge in [-0.15, -0.1) is 11.3 Å². The molecule has 1 fully saturated rings. The summed E-state index contributed by atoms with van der Waals surface area (Å²) in [7, 11) is 0. The molecular weight excluding hydrogens is 216 g/mol. The minimum absolute atomic E-state index is 0.369. The van der Waals surface area contributed by atoms with Crippen molar-refractivity contribution >= 4 is 11.3 Å². The topological polar surface area (TPSA) is 38.0 Å². The first-order chi connectivity index (χ1) is 7.83.